The average Bonchev–Trinajstić information content (AvgIpc) is 2.74. The second-order valence-corrected chi connectivity index (χ2v) is 7.66. The van der Waals surface area contributed by atoms with Gasteiger partial charge in [-0.05, 0) is 54.7 Å². The van der Waals surface area contributed by atoms with E-state index in [0.29, 0.717) is 17.4 Å². The van der Waals surface area contributed by atoms with E-state index in [4.69, 9.17) is 4.74 Å². The molecular weight excluding hydrogens is 396 g/mol. The number of methoxy groups -OCH3 is 1. The number of carbonyl (C=O) groups excluding carboxylic acids is 3. The standard InChI is InChI=1S/C24H30N2O5/c1-15(2)19-9-6-16(3)21(13-19)31-17(4)24(29)26-20-10-7-18(8-11-20)12-22(27)25-14-23(28)30-5/h6-11,13,15,17H,12,14H2,1-5H3,(H,25,27)(H,26,29). The van der Waals surface area contributed by atoms with Crippen molar-refractivity contribution in [2.24, 2.45) is 0 Å². The molecule has 0 aromatic heterocycles. The van der Waals surface area contributed by atoms with Gasteiger partial charge in [0.25, 0.3) is 5.91 Å². The Morgan fingerprint density at radius 1 is 1.00 bits per heavy atom. The molecule has 2 rings (SSSR count). The molecule has 0 radical (unpaired) electrons. The summed E-state index contributed by atoms with van der Waals surface area (Å²) in [6.07, 6.45) is -0.555. The predicted molar refractivity (Wildman–Crippen MR) is 119 cm³/mol. The van der Waals surface area contributed by atoms with Gasteiger partial charge in [-0.1, -0.05) is 38.1 Å². The number of ether oxygens (including phenoxy) is 2. The summed E-state index contributed by atoms with van der Waals surface area (Å²) in [5, 5.41) is 5.30. The molecule has 7 nitrogen and oxygen atoms in total. The molecule has 1 atom stereocenters. The number of nitrogens with one attached hydrogen (secondary N) is 2. The van der Waals surface area contributed by atoms with Crippen molar-refractivity contribution in [3.8, 4) is 5.75 Å². The summed E-state index contributed by atoms with van der Waals surface area (Å²) in [5.74, 6) is 0.00492. The lowest BCUT2D eigenvalue weighted by molar-refractivity contribution is -0.141. The van der Waals surface area contributed by atoms with Crippen molar-refractivity contribution in [2.75, 3.05) is 19.0 Å². The Balaban J connectivity index is 1.91. The Hall–Kier alpha value is -3.35. The fraction of sp³-hybridized carbons (Fsp3) is 0.375. The van der Waals surface area contributed by atoms with Gasteiger partial charge in [-0.2, -0.15) is 0 Å². The van der Waals surface area contributed by atoms with Gasteiger partial charge in [-0.3, -0.25) is 14.4 Å². The zero-order chi connectivity index (χ0) is 23.0. The van der Waals surface area contributed by atoms with Gasteiger partial charge in [0.1, 0.15) is 12.3 Å². The Morgan fingerprint density at radius 3 is 2.29 bits per heavy atom. The minimum atomic E-state index is -0.676. The van der Waals surface area contributed by atoms with Crippen molar-refractivity contribution in [3.05, 3.63) is 59.2 Å². The highest BCUT2D eigenvalue weighted by molar-refractivity contribution is 5.94. The van der Waals surface area contributed by atoms with Gasteiger partial charge >= 0.3 is 5.97 Å². The molecule has 1 unspecified atom stereocenters. The molecule has 0 saturated carbocycles. The lowest BCUT2D eigenvalue weighted by Crippen LogP contribution is -2.31. The molecule has 2 amide bonds. The fourth-order valence-corrected chi connectivity index (χ4v) is 2.79. The van der Waals surface area contributed by atoms with Crippen LogP contribution < -0.4 is 15.4 Å². The highest BCUT2D eigenvalue weighted by atomic mass is 16.5. The number of anilines is 1. The van der Waals surface area contributed by atoms with E-state index in [2.05, 4.69) is 35.3 Å². The number of esters is 1. The van der Waals surface area contributed by atoms with E-state index in [1.807, 2.05) is 19.1 Å². The lowest BCUT2D eigenvalue weighted by Gasteiger charge is -2.18. The molecule has 0 aliphatic heterocycles. The zero-order valence-electron chi connectivity index (χ0n) is 18.7. The predicted octanol–water partition coefficient (Wildman–Crippen LogP) is 3.36. The Labute approximate surface area is 183 Å². The third kappa shape index (κ3) is 7.44. The topological polar surface area (TPSA) is 93.7 Å². The Morgan fingerprint density at radius 2 is 1.68 bits per heavy atom. The maximum absolute atomic E-state index is 12.5. The molecule has 0 aliphatic rings. The van der Waals surface area contributed by atoms with Crippen molar-refractivity contribution < 1.29 is 23.9 Å². The maximum atomic E-state index is 12.5. The minimum Gasteiger partial charge on any atom is -0.481 e. The van der Waals surface area contributed by atoms with Crippen molar-refractivity contribution in [1.82, 2.24) is 5.32 Å². The van der Waals surface area contributed by atoms with Crippen LogP contribution in [0.1, 0.15) is 43.4 Å². The van der Waals surface area contributed by atoms with Gasteiger partial charge in [0.2, 0.25) is 5.91 Å². The summed E-state index contributed by atoms with van der Waals surface area (Å²) in [7, 11) is 1.26. The largest absolute Gasteiger partial charge is 0.481 e. The van der Waals surface area contributed by atoms with Gasteiger partial charge < -0.3 is 20.1 Å². The molecule has 0 heterocycles. The number of hydrogen-bond donors (Lipinski definition) is 2. The van der Waals surface area contributed by atoms with Crippen LogP contribution in [0.5, 0.6) is 5.75 Å². The molecule has 0 spiro atoms. The van der Waals surface area contributed by atoms with Gasteiger partial charge in [0.05, 0.1) is 13.5 Å². The third-order valence-corrected chi connectivity index (χ3v) is 4.80. The highest BCUT2D eigenvalue weighted by Crippen LogP contribution is 2.25. The molecule has 7 heteroatoms. The molecule has 0 fully saturated rings. The first-order valence-electron chi connectivity index (χ1n) is 10.2. The van der Waals surface area contributed by atoms with Crippen molar-refractivity contribution in [2.45, 2.75) is 46.1 Å². The van der Waals surface area contributed by atoms with Crippen LogP contribution in [0.25, 0.3) is 0 Å². The van der Waals surface area contributed by atoms with E-state index in [-0.39, 0.29) is 24.8 Å². The number of benzene rings is 2. The van der Waals surface area contributed by atoms with Crippen molar-refractivity contribution in [1.29, 1.82) is 0 Å². The molecule has 0 aliphatic carbocycles. The quantitative estimate of drug-likeness (QED) is 0.600. The number of aryl methyl sites for hydroxylation is 1. The second kappa shape index (κ2) is 11.2. The lowest BCUT2D eigenvalue weighted by atomic mass is 10.0. The highest BCUT2D eigenvalue weighted by Gasteiger charge is 2.17. The molecule has 31 heavy (non-hydrogen) atoms. The van der Waals surface area contributed by atoms with Crippen LogP contribution in [-0.4, -0.2) is 37.5 Å². The normalized spacial score (nSPS) is 11.5. The Kier molecular flexibility index (Phi) is 8.61. The van der Waals surface area contributed by atoms with E-state index in [0.717, 1.165) is 16.7 Å². The molecule has 2 aromatic rings. The van der Waals surface area contributed by atoms with E-state index in [1.54, 1.807) is 31.2 Å². The van der Waals surface area contributed by atoms with Crippen LogP contribution in [0, 0.1) is 6.92 Å². The molecular formula is C24H30N2O5. The average molecular weight is 427 g/mol. The van der Waals surface area contributed by atoms with E-state index in [9.17, 15) is 14.4 Å². The molecule has 0 bridgehead atoms. The maximum Gasteiger partial charge on any atom is 0.325 e. The molecule has 0 saturated heterocycles. The molecule has 166 valence electrons. The minimum absolute atomic E-state index is 0.121. The second-order valence-electron chi connectivity index (χ2n) is 7.66. The first kappa shape index (κ1) is 23.9. The zero-order valence-corrected chi connectivity index (χ0v) is 18.7. The first-order valence-corrected chi connectivity index (χ1v) is 10.2. The summed E-state index contributed by atoms with van der Waals surface area (Å²) in [5.41, 5.74) is 3.48. The Bertz CT molecular complexity index is 922. The monoisotopic (exact) mass is 426 g/mol. The van der Waals surface area contributed by atoms with E-state index >= 15 is 0 Å². The van der Waals surface area contributed by atoms with Gasteiger partial charge in [-0.25, -0.2) is 0 Å². The molecule has 2 N–H and O–H groups in total. The summed E-state index contributed by atoms with van der Waals surface area (Å²) in [6.45, 7) is 7.70. The summed E-state index contributed by atoms with van der Waals surface area (Å²) in [6, 6.07) is 13.0. The SMILES string of the molecule is COC(=O)CNC(=O)Cc1ccc(NC(=O)C(C)Oc2cc(C(C)C)ccc2C)cc1. The van der Waals surface area contributed by atoms with Gasteiger partial charge in [0.15, 0.2) is 6.10 Å². The number of amides is 2. The van der Waals surface area contributed by atoms with Crippen LogP contribution in [-0.2, 0) is 25.5 Å². The first-order chi connectivity index (χ1) is 14.7. The van der Waals surface area contributed by atoms with E-state index in [1.165, 1.54) is 7.11 Å². The summed E-state index contributed by atoms with van der Waals surface area (Å²) < 4.78 is 10.4. The summed E-state index contributed by atoms with van der Waals surface area (Å²) >= 11 is 0. The van der Waals surface area contributed by atoms with Crippen LogP contribution >= 0.6 is 0 Å². The van der Waals surface area contributed by atoms with Crippen LogP contribution in [0.15, 0.2) is 42.5 Å². The van der Waals surface area contributed by atoms with E-state index < -0.39 is 12.1 Å². The molecule has 2 aromatic carbocycles. The smallest absolute Gasteiger partial charge is 0.325 e. The van der Waals surface area contributed by atoms with Gasteiger partial charge in [-0.15, -0.1) is 0 Å². The van der Waals surface area contributed by atoms with Crippen LogP contribution in [0.4, 0.5) is 5.69 Å². The van der Waals surface area contributed by atoms with Crippen molar-refractivity contribution in [3.63, 3.8) is 0 Å². The number of carbonyl (C=O) groups is 3. The van der Waals surface area contributed by atoms with Crippen LogP contribution in [0.2, 0.25) is 0 Å². The fourth-order valence-electron chi connectivity index (χ4n) is 2.79. The third-order valence-electron chi connectivity index (χ3n) is 4.80. The van der Waals surface area contributed by atoms with Crippen molar-refractivity contribution >= 4 is 23.5 Å². The number of rotatable bonds is 9. The summed E-state index contributed by atoms with van der Waals surface area (Å²) in [4.78, 5) is 35.5. The number of hydrogen-bond acceptors (Lipinski definition) is 5. The van der Waals surface area contributed by atoms with Crippen LogP contribution in [0.3, 0.4) is 0 Å². The van der Waals surface area contributed by atoms with Gasteiger partial charge in [0, 0.05) is 5.69 Å².